The van der Waals surface area contributed by atoms with Crippen molar-refractivity contribution in [2.45, 2.75) is 119 Å². The summed E-state index contributed by atoms with van der Waals surface area (Å²) in [6.45, 7) is 28.4. The van der Waals surface area contributed by atoms with Gasteiger partial charge in [0.05, 0.1) is 31.8 Å². The summed E-state index contributed by atoms with van der Waals surface area (Å²) < 4.78 is 28.2. The minimum absolute atomic E-state index is 0.00205. The lowest BCUT2D eigenvalue weighted by Crippen LogP contribution is -2.51. The van der Waals surface area contributed by atoms with Gasteiger partial charge < -0.3 is 33.7 Å². The van der Waals surface area contributed by atoms with Crippen molar-refractivity contribution < 1.29 is 48.0 Å². The van der Waals surface area contributed by atoms with E-state index in [1.165, 1.54) is 4.90 Å². The molecule has 0 aliphatic carbocycles. The van der Waals surface area contributed by atoms with Crippen LogP contribution in [0.5, 0.6) is 0 Å². The fraction of sp³-hybridized carbons (Fsp3) is 0.895. The van der Waals surface area contributed by atoms with Crippen molar-refractivity contribution in [2.75, 3.05) is 105 Å². The second kappa shape index (κ2) is 22.2. The number of carbonyl (C=O) groups is 4. The number of amides is 1. The molecule has 1 rings (SSSR count). The molecule has 0 radical (unpaired) electrons. The van der Waals surface area contributed by atoms with Crippen molar-refractivity contribution in [2.24, 2.45) is 0 Å². The number of aliphatic hydroxyl groups excluding tert-OH is 1. The number of nitrogens with zero attached hydrogens (tertiary/aromatic N) is 5. The molecule has 1 amide bonds. The maximum Gasteiger partial charge on any atom is 0.326 e. The highest BCUT2D eigenvalue weighted by molar-refractivity contribution is 5.83. The van der Waals surface area contributed by atoms with Crippen LogP contribution in [0.3, 0.4) is 0 Å². The van der Waals surface area contributed by atoms with Gasteiger partial charge in [0.15, 0.2) is 6.29 Å². The smallest absolute Gasteiger partial charge is 0.326 e. The molecule has 1 unspecified atom stereocenters. The Balaban J connectivity index is 3.39. The molecule has 0 saturated carbocycles. The minimum Gasteiger partial charge on any atom is -0.459 e. The van der Waals surface area contributed by atoms with Gasteiger partial charge in [0.2, 0.25) is 5.91 Å². The van der Waals surface area contributed by atoms with E-state index in [1.807, 2.05) is 83.9 Å². The van der Waals surface area contributed by atoms with Gasteiger partial charge in [-0.05, 0) is 90.0 Å². The summed E-state index contributed by atoms with van der Waals surface area (Å²) in [5.74, 6) is -1.50. The summed E-state index contributed by atoms with van der Waals surface area (Å²) in [4.78, 5) is 62.2. The SMILES string of the molecule is CCOCCN(CC(=O)OC(C)(C)C)C(=O)CN1CCN(CC(=O)OC(C)(C)C)CCN(CC(O)OC(C)(C)C)CCN(CC(=O)OC(C)(C)C)CC1. The number of carbonyl (C=O) groups excluding carboxylic acids is 4. The van der Waals surface area contributed by atoms with Gasteiger partial charge in [-0.2, -0.15) is 0 Å². The van der Waals surface area contributed by atoms with Gasteiger partial charge in [-0.15, -0.1) is 0 Å². The van der Waals surface area contributed by atoms with Gasteiger partial charge in [-0.25, -0.2) is 0 Å². The molecule has 1 saturated heterocycles. The average Bonchev–Trinajstić information content (AvgIpc) is 2.94. The molecule has 1 aliphatic rings. The highest BCUT2D eigenvalue weighted by Crippen LogP contribution is 2.13. The molecular weight excluding hydrogens is 686 g/mol. The van der Waals surface area contributed by atoms with Gasteiger partial charge in [0.1, 0.15) is 23.3 Å². The first-order valence-electron chi connectivity index (χ1n) is 19.0. The van der Waals surface area contributed by atoms with Crippen LogP contribution in [0.2, 0.25) is 0 Å². The fourth-order valence-corrected chi connectivity index (χ4v) is 5.45. The molecule has 0 aromatic heterocycles. The predicted molar refractivity (Wildman–Crippen MR) is 203 cm³/mol. The Labute approximate surface area is 319 Å². The third kappa shape index (κ3) is 25.3. The first-order chi connectivity index (χ1) is 24.2. The second-order valence-electron chi connectivity index (χ2n) is 17.6. The highest BCUT2D eigenvalue weighted by Gasteiger charge is 2.28. The van der Waals surface area contributed by atoms with E-state index in [0.29, 0.717) is 59.0 Å². The number of β-amino-alcohol motifs (C(OH)–C–C–N with tert-alkyl or cyclic N) is 1. The molecule has 53 heavy (non-hydrogen) atoms. The number of rotatable bonds is 15. The van der Waals surface area contributed by atoms with Crippen molar-refractivity contribution in [1.29, 1.82) is 0 Å². The Morgan fingerprint density at radius 3 is 1.34 bits per heavy atom. The topological polar surface area (TPSA) is 151 Å². The molecule has 0 bridgehead atoms. The van der Waals surface area contributed by atoms with Gasteiger partial charge in [-0.1, -0.05) is 0 Å². The molecule has 0 aromatic carbocycles. The molecule has 15 heteroatoms. The Morgan fingerprint density at radius 2 is 0.962 bits per heavy atom. The quantitative estimate of drug-likeness (QED) is 0.113. The van der Waals surface area contributed by atoms with Crippen LogP contribution >= 0.6 is 0 Å². The lowest BCUT2D eigenvalue weighted by molar-refractivity contribution is -0.174. The van der Waals surface area contributed by atoms with Crippen molar-refractivity contribution in [3.05, 3.63) is 0 Å². The Hall–Kier alpha value is -2.40. The molecule has 1 aliphatic heterocycles. The van der Waals surface area contributed by atoms with Gasteiger partial charge in [0.25, 0.3) is 0 Å². The van der Waals surface area contributed by atoms with E-state index < -0.39 is 34.7 Å². The number of ether oxygens (including phenoxy) is 5. The molecule has 1 fully saturated rings. The maximum absolute atomic E-state index is 13.9. The number of esters is 3. The minimum atomic E-state index is -1.05. The molecule has 310 valence electrons. The lowest BCUT2D eigenvalue weighted by atomic mass is 10.2. The molecular formula is C38H73N5O10. The van der Waals surface area contributed by atoms with Gasteiger partial charge in [0, 0.05) is 72.1 Å². The van der Waals surface area contributed by atoms with Crippen LogP contribution in [0.1, 0.15) is 90.0 Å². The first kappa shape index (κ1) is 48.6. The van der Waals surface area contributed by atoms with E-state index in [1.54, 1.807) is 20.8 Å². The van der Waals surface area contributed by atoms with Crippen molar-refractivity contribution >= 4 is 23.8 Å². The third-order valence-electron chi connectivity index (χ3n) is 7.54. The van der Waals surface area contributed by atoms with Crippen LogP contribution in [-0.2, 0) is 42.9 Å². The molecule has 0 spiro atoms. The largest absolute Gasteiger partial charge is 0.459 e. The number of aliphatic hydroxyl groups is 1. The van der Waals surface area contributed by atoms with E-state index in [4.69, 9.17) is 23.7 Å². The van der Waals surface area contributed by atoms with Crippen molar-refractivity contribution in [3.63, 3.8) is 0 Å². The number of hydrogen-bond donors (Lipinski definition) is 1. The maximum atomic E-state index is 13.9. The standard InChI is InChI=1S/C38H73N5O10/c1-14-49-24-23-43(29-34(48)53-38(11,12)13)30(44)25-39-15-17-40(26-31(45)50-35(2,3)4)19-21-42(28-33(47)52-37(8,9)10)22-20-41(18-16-39)27-32(46)51-36(5,6)7/h33,47H,14-29H2,1-13H3. The summed E-state index contributed by atoms with van der Waals surface area (Å²) >= 11 is 0. The summed E-state index contributed by atoms with van der Waals surface area (Å²) in [5.41, 5.74) is -2.56. The summed E-state index contributed by atoms with van der Waals surface area (Å²) in [7, 11) is 0. The fourth-order valence-electron chi connectivity index (χ4n) is 5.45. The zero-order valence-electron chi connectivity index (χ0n) is 35.2. The predicted octanol–water partition coefficient (Wildman–Crippen LogP) is 2.23. The van der Waals surface area contributed by atoms with Gasteiger partial charge >= 0.3 is 17.9 Å². The zero-order valence-corrected chi connectivity index (χ0v) is 35.2. The van der Waals surface area contributed by atoms with Crippen LogP contribution < -0.4 is 0 Å². The van der Waals surface area contributed by atoms with Crippen LogP contribution in [-0.4, -0.2) is 187 Å². The lowest BCUT2D eigenvalue weighted by Gasteiger charge is -2.35. The van der Waals surface area contributed by atoms with E-state index in [-0.39, 0.29) is 63.7 Å². The van der Waals surface area contributed by atoms with Crippen molar-refractivity contribution in [3.8, 4) is 0 Å². The molecule has 0 aromatic rings. The van der Waals surface area contributed by atoms with Crippen LogP contribution in [0.4, 0.5) is 0 Å². The molecule has 1 heterocycles. The summed E-state index contributed by atoms with van der Waals surface area (Å²) in [6.07, 6.45) is -1.05. The van der Waals surface area contributed by atoms with Crippen LogP contribution in [0.15, 0.2) is 0 Å². The normalized spacial score (nSPS) is 17.7. The highest BCUT2D eigenvalue weighted by atomic mass is 16.6. The zero-order chi connectivity index (χ0) is 40.6. The van der Waals surface area contributed by atoms with E-state index in [9.17, 15) is 24.3 Å². The summed E-state index contributed by atoms with van der Waals surface area (Å²) in [6, 6.07) is 0. The summed E-state index contributed by atoms with van der Waals surface area (Å²) in [5, 5.41) is 10.8. The van der Waals surface area contributed by atoms with E-state index in [0.717, 1.165) is 0 Å². The monoisotopic (exact) mass is 760 g/mol. The Kier molecular flexibility index (Phi) is 20.4. The Bertz CT molecular complexity index is 1080. The molecule has 15 nitrogen and oxygen atoms in total. The molecule has 1 N–H and O–H groups in total. The Morgan fingerprint density at radius 1 is 0.585 bits per heavy atom. The number of hydrogen-bond acceptors (Lipinski definition) is 14. The first-order valence-corrected chi connectivity index (χ1v) is 19.0. The second-order valence-corrected chi connectivity index (χ2v) is 17.6. The van der Waals surface area contributed by atoms with Gasteiger partial charge in [-0.3, -0.25) is 38.8 Å². The average molecular weight is 760 g/mol. The van der Waals surface area contributed by atoms with E-state index >= 15 is 0 Å². The van der Waals surface area contributed by atoms with Crippen LogP contribution in [0, 0.1) is 0 Å². The molecule has 1 atom stereocenters. The van der Waals surface area contributed by atoms with Crippen molar-refractivity contribution in [1.82, 2.24) is 24.5 Å². The third-order valence-corrected chi connectivity index (χ3v) is 7.54. The van der Waals surface area contributed by atoms with E-state index in [2.05, 4.69) is 4.90 Å². The van der Waals surface area contributed by atoms with Crippen LogP contribution in [0.25, 0.3) is 0 Å².